The first-order chi connectivity index (χ1) is 6.79. The molecular formula is C8H7IN4O. The fraction of sp³-hybridized carbons (Fsp3) is 0.125. The zero-order chi connectivity index (χ0) is 9.97. The molecule has 2 aromatic rings. The van der Waals surface area contributed by atoms with Gasteiger partial charge in [0.1, 0.15) is 0 Å². The highest BCUT2D eigenvalue weighted by Gasteiger charge is 2.02. The summed E-state index contributed by atoms with van der Waals surface area (Å²) in [5.74, 6) is 1.03. The van der Waals surface area contributed by atoms with Crippen LogP contribution in [0.3, 0.4) is 0 Å². The average Bonchev–Trinajstić information content (AvgIpc) is 2.65. The van der Waals surface area contributed by atoms with Crippen molar-refractivity contribution in [3.8, 4) is 11.8 Å². The highest BCUT2D eigenvalue weighted by molar-refractivity contribution is 14.1. The van der Waals surface area contributed by atoms with Crippen molar-refractivity contribution >= 4 is 22.6 Å². The quantitative estimate of drug-likeness (QED) is 0.784. The number of hydrogen-bond donors (Lipinski definition) is 0. The molecule has 0 bridgehead atoms. The summed E-state index contributed by atoms with van der Waals surface area (Å²) in [5.41, 5.74) is 0. The van der Waals surface area contributed by atoms with Gasteiger partial charge in [-0.1, -0.05) is 0 Å². The topological polar surface area (TPSA) is 52.8 Å². The Kier molecular flexibility index (Phi) is 2.62. The fourth-order valence-electron chi connectivity index (χ4n) is 0.967. The van der Waals surface area contributed by atoms with Gasteiger partial charge in [-0.05, 0) is 22.6 Å². The van der Waals surface area contributed by atoms with Crippen molar-refractivity contribution in [3.05, 3.63) is 28.2 Å². The average molecular weight is 302 g/mol. The van der Waals surface area contributed by atoms with Gasteiger partial charge in [0.2, 0.25) is 5.88 Å². The molecule has 0 saturated heterocycles. The Morgan fingerprint density at radius 2 is 2.36 bits per heavy atom. The van der Waals surface area contributed by atoms with E-state index in [1.807, 2.05) is 6.20 Å². The molecule has 14 heavy (non-hydrogen) atoms. The number of hydrogen-bond acceptors (Lipinski definition) is 4. The lowest BCUT2D eigenvalue weighted by Crippen LogP contribution is -2.02. The second kappa shape index (κ2) is 3.91. The van der Waals surface area contributed by atoms with Gasteiger partial charge in [-0.3, -0.25) is 0 Å². The molecule has 2 rings (SSSR count). The lowest BCUT2D eigenvalue weighted by molar-refractivity contribution is 0.395. The van der Waals surface area contributed by atoms with E-state index in [0.717, 1.165) is 3.57 Å². The van der Waals surface area contributed by atoms with Crippen molar-refractivity contribution in [2.75, 3.05) is 7.11 Å². The summed E-state index contributed by atoms with van der Waals surface area (Å²) in [7, 11) is 1.57. The van der Waals surface area contributed by atoms with E-state index in [1.54, 1.807) is 30.3 Å². The standard InChI is InChI=1S/C8H7IN4O/c1-14-7-2-3-10-8(12-7)13-5-6(9)4-11-13/h2-5H,1H3. The monoisotopic (exact) mass is 302 g/mol. The van der Waals surface area contributed by atoms with Crippen LogP contribution in [0.1, 0.15) is 0 Å². The van der Waals surface area contributed by atoms with Crippen molar-refractivity contribution in [2.24, 2.45) is 0 Å². The number of halogens is 1. The Morgan fingerprint density at radius 3 is 3.00 bits per heavy atom. The lowest BCUT2D eigenvalue weighted by Gasteiger charge is -2.00. The van der Waals surface area contributed by atoms with E-state index in [9.17, 15) is 0 Å². The van der Waals surface area contributed by atoms with Gasteiger partial charge in [-0.2, -0.15) is 10.1 Å². The van der Waals surface area contributed by atoms with Crippen LogP contribution < -0.4 is 4.74 Å². The third kappa shape index (κ3) is 1.84. The summed E-state index contributed by atoms with van der Waals surface area (Å²) in [4.78, 5) is 8.22. The molecule has 0 atom stereocenters. The lowest BCUT2D eigenvalue weighted by atomic mass is 10.6. The first-order valence-electron chi connectivity index (χ1n) is 3.87. The molecule has 0 aliphatic heterocycles. The van der Waals surface area contributed by atoms with E-state index in [2.05, 4.69) is 37.7 Å². The molecule has 72 valence electrons. The number of methoxy groups -OCH3 is 1. The van der Waals surface area contributed by atoms with Crippen LogP contribution in [0, 0.1) is 3.57 Å². The Morgan fingerprint density at radius 1 is 1.50 bits per heavy atom. The minimum atomic E-state index is 0.507. The molecule has 0 aliphatic rings. The summed E-state index contributed by atoms with van der Waals surface area (Å²) in [5, 5.41) is 4.09. The van der Waals surface area contributed by atoms with Crippen molar-refractivity contribution < 1.29 is 4.74 Å². The molecule has 0 spiro atoms. The summed E-state index contributed by atoms with van der Waals surface area (Å²) < 4.78 is 7.63. The molecule has 6 heteroatoms. The first kappa shape index (κ1) is 9.38. The maximum atomic E-state index is 4.99. The number of nitrogens with zero attached hydrogens (tertiary/aromatic N) is 4. The van der Waals surface area contributed by atoms with Crippen LogP contribution in [0.4, 0.5) is 0 Å². The fourth-order valence-corrected chi connectivity index (χ4v) is 1.36. The summed E-state index contributed by atoms with van der Waals surface area (Å²) in [6, 6.07) is 1.69. The molecule has 0 saturated carbocycles. The number of rotatable bonds is 2. The smallest absolute Gasteiger partial charge is 0.253 e. The third-order valence-corrected chi connectivity index (χ3v) is 2.14. The maximum Gasteiger partial charge on any atom is 0.253 e. The van der Waals surface area contributed by atoms with Gasteiger partial charge in [0.05, 0.1) is 16.9 Å². The molecule has 0 aliphatic carbocycles. The van der Waals surface area contributed by atoms with Crippen LogP contribution in [-0.4, -0.2) is 26.9 Å². The van der Waals surface area contributed by atoms with E-state index in [1.165, 1.54) is 0 Å². The predicted octanol–water partition coefficient (Wildman–Crippen LogP) is 1.28. The Labute approximate surface area is 94.3 Å². The molecule has 2 aromatic heterocycles. The SMILES string of the molecule is COc1ccnc(-n2cc(I)cn2)n1. The molecule has 0 aromatic carbocycles. The zero-order valence-corrected chi connectivity index (χ0v) is 9.54. The van der Waals surface area contributed by atoms with Crippen LogP contribution in [0.15, 0.2) is 24.7 Å². The van der Waals surface area contributed by atoms with Gasteiger partial charge in [-0.25, -0.2) is 9.67 Å². The summed E-state index contributed by atoms with van der Waals surface area (Å²) in [6.45, 7) is 0. The van der Waals surface area contributed by atoms with Crippen molar-refractivity contribution in [3.63, 3.8) is 0 Å². The molecule has 0 amide bonds. The normalized spacial score (nSPS) is 10.1. The summed E-state index contributed by atoms with van der Waals surface area (Å²) in [6.07, 6.45) is 5.22. The summed E-state index contributed by atoms with van der Waals surface area (Å²) >= 11 is 2.18. The first-order valence-corrected chi connectivity index (χ1v) is 4.95. The van der Waals surface area contributed by atoms with E-state index in [4.69, 9.17) is 4.74 Å². The highest BCUT2D eigenvalue weighted by atomic mass is 127. The molecule has 2 heterocycles. The van der Waals surface area contributed by atoms with E-state index < -0.39 is 0 Å². The molecule has 0 radical (unpaired) electrons. The van der Waals surface area contributed by atoms with Gasteiger partial charge in [0.15, 0.2) is 0 Å². The Balaban J connectivity index is 2.41. The van der Waals surface area contributed by atoms with Gasteiger partial charge in [-0.15, -0.1) is 0 Å². The molecular weight excluding hydrogens is 295 g/mol. The second-order valence-electron chi connectivity index (χ2n) is 2.50. The molecule has 0 fully saturated rings. The van der Waals surface area contributed by atoms with Crippen molar-refractivity contribution in [1.82, 2.24) is 19.7 Å². The third-order valence-electron chi connectivity index (χ3n) is 1.58. The van der Waals surface area contributed by atoms with Crippen LogP contribution in [-0.2, 0) is 0 Å². The van der Waals surface area contributed by atoms with E-state index >= 15 is 0 Å². The zero-order valence-electron chi connectivity index (χ0n) is 7.38. The predicted molar refractivity (Wildman–Crippen MR) is 58.4 cm³/mol. The van der Waals surface area contributed by atoms with Gasteiger partial charge in [0, 0.05) is 18.5 Å². The minimum Gasteiger partial charge on any atom is -0.481 e. The molecule has 0 unspecified atom stereocenters. The van der Waals surface area contributed by atoms with Gasteiger partial charge in [0.25, 0.3) is 5.95 Å². The molecule has 5 nitrogen and oxygen atoms in total. The Bertz CT molecular complexity index is 442. The van der Waals surface area contributed by atoms with Gasteiger partial charge >= 0.3 is 0 Å². The second-order valence-corrected chi connectivity index (χ2v) is 3.75. The van der Waals surface area contributed by atoms with Crippen LogP contribution >= 0.6 is 22.6 Å². The maximum absolute atomic E-state index is 4.99. The number of aromatic nitrogens is 4. The molecule has 0 N–H and O–H groups in total. The van der Waals surface area contributed by atoms with Crippen LogP contribution in [0.2, 0.25) is 0 Å². The highest BCUT2D eigenvalue weighted by Crippen LogP contribution is 2.09. The van der Waals surface area contributed by atoms with E-state index in [-0.39, 0.29) is 0 Å². The van der Waals surface area contributed by atoms with Crippen LogP contribution in [0.5, 0.6) is 5.88 Å². The largest absolute Gasteiger partial charge is 0.481 e. The minimum absolute atomic E-state index is 0.507. The van der Waals surface area contributed by atoms with Crippen LogP contribution in [0.25, 0.3) is 5.95 Å². The van der Waals surface area contributed by atoms with Crippen molar-refractivity contribution in [2.45, 2.75) is 0 Å². The van der Waals surface area contributed by atoms with E-state index in [0.29, 0.717) is 11.8 Å². The van der Waals surface area contributed by atoms with Gasteiger partial charge < -0.3 is 4.74 Å². The Hall–Kier alpha value is -1.18. The number of ether oxygens (including phenoxy) is 1. The van der Waals surface area contributed by atoms with Crippen molar-refractivity contribution in [1.29, 1.82) is 0 Å².